The van der Waals surface area contributed by atoms with E-state index in [0.717, 1.165) is 30.3 Å². The Morgan fingerprint density at radius 3 is 2.93 bits per heavy atom. The SMILES string of the molecule is Cc1noc([C@@]23C[C@@H](C)C[C@@H](C2)N3C(=O)Nc2ccc(Cl)c(-n3ncc(F)n3)c2)n1. The molecule has 156 valence electrons. The van der Waals surface area contributed by atoms with Crippen molar-refractivity contribution in [3.8, 4) is 5.69 Å². The van der Waals surface area contributed by atoms with E-state index in [4.69, 9.17) is 16.1 Å². The number of nitrogens with zero attached hydrogens (tertiary/aromatic N) is 6. The minimum atomic E-state index is -0.722. The average Bonchev–Trinajstić information content (AvgIpc) is 3.31. The van der Waals surface area contributed by atoms with Crippen LogP contribution in [0.25, 0.3) is 5.69 Å². The summed E-state index contributed by atoms with van der Waals surface area (Å²) < 4.78 is 18.7. The van der Waals surface area contributed by atoms with E-state index in [1.807, 2.05) is 0 Å². The Labute approximate surface area is 176 Å². The first-order valence-electron chi connectivity index (χ1n) is 9.64. The normalized spacial score (nSPS) is 25.1. The standard InChI is InChI=1S/C19H19ClFN7O2/c1-10-5-13-8-19(7-10,17-23-11(2)26-30-17)27(13)18(29)24-12-3-4-14(20)15(6-12)28-22-9-16(21)25-28/h3-4,6,9-10,13H,5,7-8H2,1-2H3,(H,24,29)/t10-,13-,19+/m0/s1. The third-order valence-electron chi connectivity index (χ3n) is 5.78. The Morgan fingerprint density at radius 2 is 2.23 bits per heavy atom. The smallest absolute Gasteiger partial charge is 0.323 e. The lowest BCUT2D eigenvalue weighted by atomic mass is 9.64. The lowest BCUT2D eigenvalue weighted by Crippen LogP contribution is -2.70. The van der Waals surface area contributed by atoms with Gasteiger partial charge in [-0.2, -0.15) is 14.5 Å². The van der Waals surface area contributed by atoms with E-state index in [0.29, 0.717) is 34.0 Å². The zero-order chi connectivity index (χ0) is 21.0. The first kappa shape index (κ1) is 19.0. The van der Waals surface area contributed by atoms with Crippen LogP contribution in [0.5, 0.6) is 0 Å². The Bertz CT molecular complexity index is 1130. The number of aryl methyl sites for hydroxylation is 1. The van der Waals surface area contributed by atoms with Crippen LogP contribution in [0.4, 0.5) is 14.9 Å². The molecular formula is C19H19ClFN7O2. The highest BCUT2D eigenvalue weighted by molar-refractivity contribution is 6.32. The lowest BCUT2D eigenvalue weighted by Gasteiger charge is -2.61. The topological polar surface area (TPSA) is 102 Å². The number of likely N-dealkylation sites (tertiary alicyclic amines) is 1. The molecule has 2 amide bonds. The molecule has 30 heavy (non-hydrogen) atoms. The summed E-state index contributed by atoms with van der Waals surface area (Å²) in [6.45, 7) is 3.93. The molecule has 11 heteroatoms. The van der Waals surface area contributed by atoms with E-state index in [1.54, 1.807) is 30.0 Å². The fourth-order valence-electron chi connectivity index (χ4n) is 4.72. The van der Waals surface area contributed by atoms with Crippen LogP contribution < -0.4 is 5.32 Å². The fraction of sp³-hybridized carbons (Fsp3) is 0.421. The van der Waals surface area contributed by atoms with Crippen LogP contribution in [0.1, 0.15) is 37.9 Å². The molecule has 1 aliphatic heterocycles. The van der Waals surface area contributed by atoms with E-state index >= 15 is 0 Å². The van der Waals surface area contributed by atoms with Crippen LogP contribution >= 0.6 is 11.6 Å². The predicted octanol–water partition coefficient (Wildman–Crippen LogP) is 3.68. The van der Waals surface area contributed by atoms with Crippen molar-refractivity contribution in [3.05, 3.63) is 47.1 Å². The summed E-state index contributed by atoms with van der Waals surface area (Å²) in [5, 5.41) is 14.6. The molecule has 1 aliphatic carbocycles. The Balaban J connectivity index is 1.43. The van der Waals surface area contributed by atoms with Crippen molar-refractivity contribution < 1.29 is 13.7 Å². The predicted molar refractivity (Wildman–Crippen MR) is 105 cm³/mol. The molecule has 3 heterocycles. The number of hydrogen-bond donors (Lipinski definition) is 1. The molecule has 2 aromatic heterocycles. The van der Waals surface area contributed by atoms with E-state index in [1.165, 1.54) is 0 Å². The maximum absolute atomic E-state index is 13.2. The highest BCUT2D eigenvalue weighted by Crippen LogP contribution is 2.55. The fourth-order valence-corrected chi connectivity index (χ4v) is 4.92. The van der Waals surface area contributed by atoms with Gasteiger partial charge in [-0.05, 0) is 43.9 Å². The van der Waals surface area contributed by atoms with E-state index in [2.05, 4.69) is 32.6 Å². The minimum absolute atomic E-state index is 0.106. The number of hydrogen-bond acceptors (Lipinski definition) is 6. The van der Waals surface area contributed by atoms with Crippen LogP contribution in [-0.2, 0) is 5.54 Å². The number of piperidine rings is 1. The second-order valence-electron chi connectivity index (χ2n) is 8.00. The number of urea groups is 1. The number of amides is 2. The van der Waals surface area contributed by atoms with Crippen LogP contribution in [0.2, 0.25) is 5.02 Å². The van der Waals surface area contributed by atoms with Gasteiger partial charge in [0.15, 0.2) is 5.82 Å². The van der Waals surface area contributed by atoms with E-state index in [9.17, 15) is 9.18 Å². The summed E-state index contributed by atoms with van der Waals surface area (Å²) in [7, 11) is 0. The van der Waals surface area contributed by atoms with Crippen molar-refractivity contribution in [2.75, 3.05) is 5.32 Å². The number of nitrogens with one attached hydrogen (secondary N) is 1. The Hall–Kier alpha value is -3.01. The molecule has 0 spiro atoms. The van der Waals surface area contributed by atoms with Gasteiger partial charge in [0.25, 0.3) is 11.8 Å². The van der Waals surface area contributed by atoms with Gasteiger partial charge in [0.1, 0.15) is 17.4 Å². The largest absolute Gasteiger partial charge is 0.337 e. The minimum Gasteiger partial charge on any atom is -0.337 e. The lowest BCUT2D eigenvalue weighted by molar-refractivity contribution is -0.111. The number of carbonyl (C=O) groups is 1. The Kier molecular flexibility index (Phi) is 4.28. The van der Waals surface area contributed by atoms with Gasteiger partial charge in [0.2, 0.25) is 0 Å². The number of carbonyl (C=O) groups excluding carboxylic acids is 1. The van der Waals surface area contributed by atoms with Gasteiger partial charge in [-0.1, -0.05) is 23.7 Å². The molecule has 0 unspecified atom stereocenters. The third-order valence-corrected chi connectivity index (χ3v) is 6.10. The molecule has 9 nitrogen and oxygen atoms in total. The van der Waals surface area contributed by atoms with Crippen molar-refractivity contribution in [3.63, 3.8) is 0 Å². The third kappa shape index (κ3) is 2.94. The van der Waals surface area contributed by atoms with Crippen molar-refractivity contribution in [1.29, 1.82) is 0 Å². The first-order valence-corrected chi connectivity index (χ1v) is 10.0. The highest BCUT2D eigenvalue weighted by Gasteiger charge is 2.62. The zero-order valence-corrected chi connectivity index (χ0v) is 17.1. The van der Waals surface area contributed by atoms with Crippen molar-refractivity contribution in [2.45, 2.75) is 44.7 Å². The number of anilines is 1. The molecule has 2 bridgehead atoms. The summed E-state index contributed by atoms with van der Waals surface area (Å²) in [6, 6.07) is 4.72. The summed E-state index contributed by atoms with van der Waals surface area (Å²) in [4.78, 5) is 20.5. The van der Waals surface area contributed by atoms with Crippen LogP contribution in [0, 0.1) is 18.8 Å². The maximum atomic E-state index is 13.2. The van der Waals surface area contributed by atoms with Gasteiger partial charge < -0.3 is 14.7 Å². The molecule has 0 radical (unpaired) electrons. The number of halogens is 2. The first-order chi connectivity index (χ1) is 14.4. The summed E-state index contributed by atoms with van der Waals surface area (Å²) >= 11 is 6.20. The van der Waals surface area contributed by atoms with Gasteiger partial charge in [-0.25, -0.2) is 4.79 Å². The molecule has 3 atom stereocenters. The van der Waals surface area contributed by atoms with Crippen LogP contribution in [0.15, 0.2) is 28.9 Å². The van der Waals surface area contributed by atoms with Crippen molar-refractivity contribution >= 4 is 23.3 Å². The molecule has 1 saturated carbocycles. The van der Waals surface area contributed by atoms with E-state index < -0.39 is 11.5 Å². The molecule has 2 fully saturated rings. The second-order valence-corrected chi connectivity index (χ2v) is 8.41. The van der Waals surface area contributed by atoms with Gasteiger partial charge >= 0.3 is 6.03 Å². The van der Waals surface area contributed by atoms with Gasteiger partial charge in [-0.15, -0.1) is 9.90 Å². The number of rotatable bonds is 3. The highest BCUT2D eigenvalue weighted by atomic mass is 35.5. The van der Waals surface area contributed by atoms with Gasteiger partial charge in [0.05, 0.1) is 5.02 Å². The quantitative estimate of drug-likeness (QED) is 0.678. The zero-order valence-electron chi connectivity index (χ0n) is 16.3. The summed E-state index contributed by atoms with van der Waals surface area (Å²) in [6.07, 6.45) is 3.47. The molecule has 3 aromatic rings. The van der Waals surface area contributed by atoms with Gasteiger partial charge in [0, 0.05) is 18.2 Å². The molecule has 1 saturated heterocycles. The maximum Gasteiger partial charge on any atom is 0.323 e. The van der Waals surface area contributed by atoms with Crippen LogP contribution in [0.3, 0.4) is 0 Å². The molecular weight excluding hydrogens is 413 g/mol. The molecule has 2 aliphatic rings. The average molecular weight is 432 g/mol. The number of fused-ring (bicyclic) bond motifs is 2. The van der Waals surface area contributed by atoms with Gasteiger partial charge in [-0.3, -0.25) is 0 Å². The number of aromatic nitrogens is 5. The van der Waals surface area contributed by atoms with Crippen molar-refractivity contribution in [1.82, 2.24) is 30.0 Å². The number of benzene rings is 1. The summed E-state index contributed by atoms with van der Waals surface area (Å²) in [5.41, 5.74) is 0.264. The Morgan fingerprint density at radius 1 is 1.40 bits per heavy atom. The second kappa shape index (κ2) is 6.76. The van der Waals surface area contributed by atoms with Crippen LogP contribution in [-0.4, -0.2) is 42.1 Å². The molecule has 1 N–H and O–H groups in total. The van der Waals surface area contributed by atoms with E-state index in [-0.39, 0.29) is 12.1 Å². The monoisotopic (exact) mass is 431 g/mol. The summed E-state index contributed by atoms with van der Waals surface area (Å²) in [5.74, 6) is 0.747. The molecule has 5 rings (SSSR count). The molecule has 1 aromatic carbocycles. The van der Waals surface area contributed by atoms with Crippen molar-refractivity contribution in [2.24, 2.45) is 5.92 Å².